The molecule has 2 aliphatic heterocycles. The van der Waals surface area contributed by atoms with E-state index in [9.17, 15) is 9.90 Å². The van der Waals surface area contributed by atoms with Crippen molar-refractivity contribution in [1.29, 1.82) is 0 Å². The lowest BCUT2D eigenvalue weighted by Crippen LogP contribution is -2.51. The first-order chi connectivity index (χ1) is 13.3. The third kappa shape index (κ3) is 4.64. The molecular formula is C23H36BNO4. The summed E-state index contributed by atoms with van der Waals surface area (Å²) in [6.07, 6.45) is 1.95. The lowest BCUT2D eigenvalue weighted by molar-refractivity contribution is 0.00578. The van der Waals surface area contributed by atoms with Gasteiger partial charge in [0.2, 0.25) is 0 Å². The van der Waals surface area contributed by atoms with Crippen molar-refractivity contribution in [2.24, 2.45) is 11.3 Å². The van der Waals surface area contributed by atoms with Gasteiger partial charge in [0.25, 0.3) is 0 Å². The van der Waals surface area contributed by atoms with Gasteiger partial charge in [0.15, 0.2) is 0 Å². The van der Waals surface area contributed by atoms with Gasteiger partial charge in [0.05, 0.1) is 11.2 Å². The van der Waals surface area contributed by atoms with Crippen LogP contribution in [0.15, 0.2) is 24.3 Å². The van der Waals surface area contributed by atoms with Crippen molar-refractivity contribution < 1.29 is 19.2 Å². The molecule has 5 nitrogen and oxygen atoms in total. The van der Waals surface area contributed by atoms with E-state index in [-0.39, 0.29) is 29.8 Å². The summed E-state index contributed by atoms with van der Waals surface area (Å²) < 4.78 is 12.4. The third-order valence-electron chi connectivity index (χ3n) is 6.96. The van der Waals surface area contributed by atoms with Gasteiger partial charge < -0.3 is 19.3 Å². The summed E-state index contributed by atoms with van der Waals surface area (Å²) in [6.45, 7) is 15.3. The summed E-state index contributed by atoms with van der Waals surface area (Å²) >= 11 is 0. The lowest BCUT2D eigenvalue weighted by atomic mass is 9.74. The third-order valence-corrected chi connectivity index (χ3v) is 6.96. The molecule has 1 aromatic rings. The molecule has 1 N–H and O–H groups in total. The second-order valence-corrected chi connectivity index (χ2v) is 10.8. The van der Waals surface area contributed by atoms with Crippen molar-refractivity contribution in [3.63, 3.8) is 0 Å². The zero-order chi connectivity index (χ0) is 21.6. The van der Waals surface area contributed by atoms with E-state index in [0.29, 0.717) is 12.5 Å². The van der Waals surface area contributed by atoms with Crippen molar-refractivity contribution >= 4 is 18.7 Å². The summed E-state index contributed by atoms with van der Waals surface area (Å²) in [4.78, 5) is 13.3. The molecule has 29 heavy (non-hydrogen) atoms. The predicted molar refractivity (Wildman–Crippen MR) is 117 cm³/mol. The van der Waals surface area contributed by atoms with Gasteiger partial charge in [-0.25, -0.2) is 4.79 Å². The highest BCUT2D eigenvalue weighted by Gasteiger charge is 2.51. The molecule has 6 heteroatoms. The number of likely N-dealkylation sites (tertiary alicyclic amines) is 1. The minimum absolute atomic E-state index is 0.0463. The van der Waals surface area contributed by atoms with Crippen LogP contribution >= 0.6 is 0 Å². The lowest BCUT2D eigenvalue weighted by Gasteiger charge is -2.44. The van der Waals surface area contributed by atoms with Crippen LogP contribution < -0.4 is 5.46 Å². The number of hydrogen-bond donors (Lipinski definition) is 1. The Balaban J connectivity index is 1.72. The normalized spacial score (nSPS) is 26.6. The van der Waals surface area contributed by atoms with Gasteiger partial charge >= 0.3 is 13.2 Å². The molecule has 1 aromatic carbocycles. The first kappa shape index (κ1) is 22.2. The fourth-order valence-electron chi connectivity index (χ4n) is 4.45. The van der Waals surface area contributed by atoms with Gasteiger partial charge in [-0.3, -0.25) is 0 Å². The van der Waals surface area contributed by atoms with Crippen molar-refractivity contribution in [3.8, 4) is 0 Å². The molecule has 0 saturated carbocycles. The summed E-state index contributed by atoms with van der Waals surface area (Å²) in [5, 5.41) is 9.59. The Morgan fingerprint density at radius 3 is 2.38 bits per heavy atom. The Hall–Kier alpha value is -1.53. The number of nitrogens with zero attached hydrogens (tertiary/aromatic N) is 1. The minimum atomic E-state index is -0.800. The number of amides is 1. The largest absolute Gasteiger partial charge is 0.494 e. The number of hydrogen-bond acceptors (Lipinski definition) is 3. The molecule has 2 unspecified atom stereocenters. The highest BCUT2D eigenvalue weighted by Crippen LogP contribution is 2.37. The molecule has 0 spiro atoms. The average Bonchev–Trinajstić information content (AvgIpc) is 2.82. The van der Waals surface area contributed by atoms with E-state index in [2.05, 4.69) is 72.7 Å². The monoisotopic (exact) mass is 401 g/mol. The molecule has 2 fully saturated rings. The summed E-state index contributed by atoms with van der Waals surface area (Å²) in [5.74, 6) is 0.475. The van der Waals surface area contributed by atoms with Crippen LogP contribution in [0.3, 0.4) is 0 Å². The van der Waals surface area contributed by atoms with Crippen molar-refractivity contribution in [1.82, 2.24) is 4.90 Å². The second kappa shape index (κ2) is 7.62. The van der Waals surface area contributed by atoms with Crippen LogP contribution in [0.2, 0.25) is 0 Å². The quantitative estimate of drug-likeness (QED) is 0.766. The molecule has 1 amide bonds. The number of piperidine rings is 1. The number of rotatable bonds is 3. The van der Waals surface area contributed by atoms with E-state index in [1.54, 1.807) is 4.90 Å². The summed E-state index contributed by atoms with van der Waals surface area (Å²) in [6, 6.07) is 8.53. The first-order valence-electron chi connectivity index (χ1n) is 10.7. The van der Waals surface area contributed by atoms with Gasteiger partial charge in [-0.2, -0.15) is 0 Å². The van der Waals surface area contributed by atoms with Crippen LogP contribution in [0.25, 0.3) is 0 Å². The molecule has 0 aromatic heterocycles. The second-order valence-electron chi connectivity index (χ2n) is 10.8. The molecule has 0 aliphatic carbocycles. The molecular weight excluding hydrogens is 365 g/mol. The summed E-state index contributed by atoms with van der Waals surface area (Å²) in [7, 11) is -0.351. The zero-order valence-electron chi connectivity index (χ0n) is 19.0. The Morgan fingerprint density at radius 1 is 1.21 bits per heavy atom. The molecule has 2 atom stereocenters. The van der Waals surface area contributed by atoms with Gasteiger partial charge in [-0.15, -0.1) is 0 Å². The van der Waals surface area contributed by atoms with Crippen LogP contribution in [0.4, 0.5) is 4.79 Å². The van der Waals surface area contributed by atoms with Crippen LogP contribution in [-0.2, 0) is 15.7 Å². The Kier molecular flexibility index (Phi) is 5.83. The van der Waals surface area contributed by atoms with Crippen LogP contribution in [0, 0.1) is 11.3 Å². The van der Waals surface area contributed by atoms with Crippen molar-refractivity contribution in [2.75, 3.05) is 6.54 Å². The first-order valence-corrected chi connectivity index (χ1v) is 10.7. The summed E-state index contributed by atoms with van der Waals surface area (Å²) in [5.41, 5.74) is 1.55. The molecule has 3 rings (SSSR count). The van der Waals surface area contributed by atoms with E-state index < -0.39 is 6.09 Å². The number of carbonyl (C=O) groups is 1. The standard InChI is InChI=1S/C23H36BNO4/c1-21(2,3)19-15-17(11-12-25(19)20(26)27)13-16-9-8-10-18(14-16)24-28-22(4,5)23(6,7)29-24/h8-10,14,17,19H,11-13,15H2,1-7H3,(H,26,27). The van der Waals surface area contributed by atoms with E-state index in [1.165, 1.54) is 5.56 Å². The highest BCUT2D eigenvalue weighted by molar-refractivity contribution is 6.62. The van der Waals surface area contributed by atoms with Crippen molar-refractivity contribution in [2.45, 2.75) is 85.0 Å². The Bertz CT molecular complexity index is 739. The number of benzene rings is 1. The fraction of sp³-hybridized carbons (Fsp3) is 0.696. The van der Waals surface area contributed by atoms with Crippen LogP contribution in [-0.4, -0.2) is 47.0 Å². The molecule has 2 aliphatic rings. The van der Waals surface area contributed by atoms with Crippen LogP contribution in [0.1, 0.15) is 66.9 Å². The SMILES string of the molecule is CC(C)(C)C1CC(Cc2cccc(B3OC(C)(C)C(C)(C)O3)c2)CCN1C(=O)O. The predicted octanol–water partition coefficient (Wildman–Crippen LogP) is 4.33. The van der Waals surface area contributed by atoms with E-state index in [4.69, 9.17) is 9.31 Å². The topological polar surface area (TPSA) is 59.0 Å². The van der Waals surface area contributed by atoms with Gasteiger partial charge in [0, 0.05) is 12.6 Å². The van der Waals surface area contributed by atoms with E-state index in [1.807, 2.05) is 0 Å². The molecule has 160 valence electrons. The van der Waals surface area contributed by atoms with Gasteiger partial charge in [-0.1, -0.05) is 45.0 Å². The zero-order valence-corrected chi connectivity index (χ0v) is 19.0. The fourth-order valence-corrected chi connectivity index (χ4v) is 4.45. The van der Waals surface area contributed by atoms with Gasteiger partial charge in [-0.05, 0) is 69.3 Å². The molecule has 2 heterocycles. The maximum atomic E-state index is 11.7. The minimum Gasteiger partial charge on any atom is -0.465 e. The van der Waals surface area contributed by atoms with Gasteiger partial charge in [0.1, 0.15) is 0 Å². The maximum absolute atomic E-state index is 11.7. The molecule has 2 saturated heterocycles. The number of carboxylic acid groups (broad SMARTS) is 1. The van der Waals surface area contributed by atoms with E-state index >= 15 is 0 Å². The van der Waals surface area contributed by atoms with E-state index in [0.717, 1.165) is 24.7 Å². The Labute approximate surface area is 175 Å². The molecule has 0 radical (unpaired) electrons. The molecule has 0 bridgehead atoms. The highest BCUT2D eigenvalue weighted by atomic mass is 16.7. The van der Waals surface area contributed by atoms with Crippen LogP contribution in [0.5, 0.6) is 0 Å². The average molecular weight is 401 g/mol. The maximum Gasteiger partial charge on any atom is 0.494 e. The van der Waals surface area contributed by atoms with Crippen molar-refractivity contribution in [3.05, 3.63) is 29.8 Å². The Morgan fingerprint density at radius 2 is 1.83 bits per heavy atom. The smallest absolute Gasteiger partial charge is 0.465 e.